The Kier molecular flexibility index (Phi) is 6.82. The topological polar surface area (TPSA) is 100 Å². The average Bonchev–Trinajstić information content (AvgIpc) is 2.66. The fourth-order valence-corrected chi connectivity index (χ4v) is 2.10. The number of hydrogen-bond acceptors (Lipinski definition) is 7. The van der Waals surface area contributed by atoms with E-state index >= 15 is 0 Å². The molecule has 0 spiro atoms. The summed E-state index contributed by atoms with van der Waals surface area (Å²) in [6.45, 7) is 0.0218. The van der Waals surface area contributed by atoms with E-state index in [0.29, 0.717) is 6.61 Å². The van der Waals surface area contributed by atoms with Gasteiger partial charge in [-0.3, -0.25) is 4.79 Å². The molecule has 1 atom stereocenters. The number of carbonyl (C=O) groups is 3. The second kappa shape index (κ2) is 9.31. The van der Waals surface area contributed by atoms with Gasteiger partial charge >= 0.3 is 11.9 Å². The SMILES string of the molecule is COC(=O)[C@H](Cc1ccccc1)NC(=O)COC(=O)C1=COCCO1. The molecule has 134 valence electrons. The number of nitrogens with one attached hydrogen (secondary N) is 1. The summed E-state index contributed by atoms with van der Waals surface area (Å²) < 4.78 is 19.5. The Morgan fingerprint density at radius 3 is 2.60 bits per heavy atom. The highest BCUT2D eigenvalue weighted by atomic mass is 16.6. The van der Waals surface area contributed by atoms with E-state index in [9.17, 15) is 14.4 Å². The third kappa shape index (κ3) is 5.83. The van der Waals surface area contributed by atoms with Gasteiger partial charge in [-0.15, -0.1) is 0 Å². The summed E-state index contributed by atoms with van der Waals surface area (Å²) in [5, 5.41) is 2.49. The molecule has 1 heterocycles. The molecular weight excluding hydrogens is 330 g/mol. The van der Waals surface area contributed by atoms with Crippen LogP contribution in [0.2, 0.25) is 0 Å². The minimum absolute atomic E-state index is 0.104. The fourth-order valence-electron chi connectivity index (χ4n) is 2.10. The van der Waals surface area contributed by atoms with Crippen molar-refractivity contribution in [3.05, 3.63) is 47.9 Å². The third-order valence-electron chi connectivity index (χ3n) is 3.29. The Balaban J connectivity index is 1.87. The minimum Gasteiger partial charge on any atom is -0.493 e. The van der Waals surface area contributed by atoms with Gasteiger partial charge in [-0.25, -0.2) is 9.59 Å². The number of methoxy groups -OCH3 is 1. The largest absolute Gasteiger partial charge is 0.493 e. The zero-order valence-corrected chi connectivity index (χ0v) is 13.7. The number of hydrogen-bond donors (Lipinski definition) is 1. The predicted octanol–water partition coefficient (Wildman–Crippen LogP) is 0.318. The Hall–Kier alpha value is -3.03. The highest BCUT2D eigenvalue weighted by Crippen LogP contribution is 2.07. The molecule has 1 aliphatic heterocycles. The van der Waals surface area contributed by atoms with Crippen LogP contribution in [0, 0.1) is 0 Å². The molecule has 0 unspecified atom stereocenters. The van der Waals surface area contributed by atoms with Crippen LogP contribution in [0.15, 0.2) is 42.4 Å². The molecule has 0 aromatic heterocycles. The van der Waals surface area contributed by atoms with Crippen molar-refractivity contribution in [2.75, 3.05) is 26.9 Å². The molecule has 0 saturated heterocycles. The number of carbonyl (C=O) groups excluding carboxylic acids is 3. The number of amides is 1. The molecule has 1 aromatic rings. The van der Waals surface area contributed by atoms with Gasteiger partial charge in [0.2, 0.25) is 5.76 Å². The molecular formula is C17H19NO7. The Bertz CT molecular complexity index is 642. The van der Waals surface area contributed by atoms with Crippen molar-refractivity contribution in [1.29, 1.82) is 0 Å². The second-order valence-corrected chi connectivity index (χ2v) is 5.11. The van der Waals surface area contributed by atoms with Crippen LogP contribution >= 0.6 is 0 Å². The number of rotatable bonds is 7. The van der Waals surface area contributed by atoms with Crippen LogP contribution in [0.4, 0.5) is 0 Å². The maximum absolute atomic E-state index is 12.0. The molecule has 8 heteroatoms. The van der Waals surface area contributed by atoms with Gasteiger partial charge in [-0.05, 0) is 5.56 Å². The van der Waals surface area contributed by atoms with Crippen molar-refractivity contribution in [3.8, 4) is 0 Å². The van der Waals surface area contributed by atoms with Crippen LogP contribution in [0.3, 0.4) is 0 Å². The van der Waals surface area contributed by atoms with Crippen molar-refractivity contribution >= 4 is 17.8 Å². The lowest BCUT2D eigenvalue weighted by Crippen LogP contribution is -2.44. The molecule has 1 aliphatic rings. The van der Waals surface area contributed by atoms with Gasteiger partial charge in [-0.2, -0.15) is 0 Å². The number of ether oxygens (including phenoxy) is 4. The van der Waals surface area contributed by atoms with Crippen LogP contribution in [0.25, 0.3) is 0 Å². The van der Waals surface area contributed by atoms with Crippen molar-refractivity contribution in [2.24, 2.45) is 0 Å². The molecule has 0 bridgehead atoms. The van der Waals surface area contributed by atoms with Crippen LogP contribution in [0.5, 0.6) is 0 Å². The monoisotopic (exact) mass is 349 g/mol. The van der Waals surface area contributed by atoms with E-state index in [2.05, 4.69) is 5.32 Å². The van der Waals surface area contributed by atoms with Crippen LogP contribution in [0.1, 0.15) is 5.56 Å². The number of esters is 2. The maximum atomic E-state index is 12.0. The molecule has 0 aliphatic carbocycles. The summed E-state index contributed by atoms with van der Waals surface area (Å²) in [7, 11) is 1.24. The second-order valence-electron chi connectivity index (χ2n) is 5.11. The first-order valence-electron chi connectivity index (χ1n) is 7.63. The van der Waals surface area contributed by atoms with Crippen LogP contribution < -0.4 is 5.32 Å². The van der Waals surface area contributed by atoms with Crippen molar-refractivity contribution in [1.82, 2.24) is 5.32 Å². The molecule has 1 N–H and O–H groups in total. The fraction of sp³-hybridized carbons (Fsp3) is 0.353. The number of benzene rings is 1. The van der Waals surface area contributed by atoms with Crippen LogP contribution in [-0.4, -0.2) is 50.8 Å². The first-order valence-corrected chi connectivity index (χ1v) is 7.63. The first kappa shape index (κ1) is 18.3. The average molecular weight is 349 g/mol. The van der Waals surface area contributed by atoms with E-state index in [1.54, 1.807) is 0 Å². The van der Waals surface area contributed by atoms with Gasteiger partial charge in [0.05, 0.1) is 7.11 Å². The van der Waals surface area contributed by atoms with Crippen molar-refractivity contribution in [2.45, 2.75) is 12.5 Å². The van der Waals surface area contributed by atoms with E-state index in [4.69, 9.17) is 18.9 Å². The smallest absolute Gasteiger partial charge is 0.377 e. The van der Waals surface area contributed by atoms with E-state index in [1.807, 2.05) is 30.3 Å². The van der Waals surface area contributed by atoms with Crippen molar-refractivity contribution in [3.63, 3.8) is 0 Å². The summed E-state index contributed by atoms with van der Waals surface area (Å²) in [5.74, 6) is -2.13. The Morgan fingerprint density at radius 1 is 1.20 bits per heavy atom. The van der Waals surface area contributed by atoms with Crippen LogP contribution in [-0.2, 0) is 39.8 Å². The van der Waals surface area contributed by atoms with E-state index < -0.39 is 30.5 Å². The van der Waals surface area contributed by atoms with E-state index in [-0.39, 0.29) is 18.8 Å². The highest BCUT2D eigenvalue weighted by molar-refractivity contribution is 5.90. The molecule has 1 aromatic carbocycles. The lowest BCUT2D eigenvalue weighted by molar-refractivity contribution is -0.150. The van der Waals surface area contributed by atoms with E-state index in [1.165, 1.54) is 7.11 Å². The molecule has 25 heavy (non-hydrogen) atoms. The molecule has 2 rings (SSSR count). The minimum atomic E-state index is -0.882. The zero-order valence-electron chi connectivity index (χ0n) is 13.7. The lowest BCUT2D eigenvalue weighted by atomic mass is 10.1. The van der Waals surface area contributed by atoms with Gasteiger partial charge in [0.25, 0.3) is 5.91 Å². The van der Waals surface area contributed by atoms with Gasteiger partial charge in [0.15, 0.2) is 6.61 Å². The summed E-state index contributed by atoms with van der Waals surface area (Å²) in [6, 6.07) is 8.28. The standard InChI is InChI=1S/C17H19NO7/c1-22-16(20)13(9-12-5-3-2-4-6-12)18-15(19)11-25-17(21)14-10-23-7-8-24-14/h2-6,10,13H,7-9,11H2,1H3,(H,18,19)/t13-/m0/s1. The molecule has 1 amide bonds. The maximum Gasteiger partial charge on any atom is 0.377 e. The quantitative estimate of drug-likeness (QED) is 0.708. The highest BCUT2D eigenvalue weighted by Gasteiger charge is 2.23. The summed E-state index contributed by atoms with van der Waals surface area (Å²) in [6.07, 6.45) is 1.39. The van der Waals surface area contributed by atoms with E-state index in [0.717, 1.165) is 11.8 Å². The third-order valence-corrected chi connectivity index (χ3v) is 3.29. The Morgan fingerprint density at radius 2 is 1.96 bits per heavy atom. The van der Waals surface area contributed by atoms with Gasteiger partial charge < -0.3 is 24.3 Å². The summed E-state index contributed by atoms with van der Waals surface area (Å²) in [4.78, 5) is 35.5. The van der Waals surface area contributed by atoms with Crippen molar-refractivity contribution < 1.29 is 33.3 Å². The Labute approximate surface area is 144 Å². The molecule has 8 nitrogen and oxygen atoms in total. The molecule has 0 fully saturated rings. The van der Waals surface area contributed by atoms with Gasteiger partial charge in [0, 0.05) is 6.42 Å². The van der Waals surface area contributed by atoms with Gasteiger partial charge in [-0.1, -0.05) is 30.3 Å². The zero-order chi connectivity index (χ0) is 18.1. The summed E-state index contributed by atoms with van der Waals surface area (Å²) in [5.41, 5.74) is 0.855. The molecule has 0 radical (unpaired) electrons. The van der Waals surface area contributed by atoms with Gasteiger partial charge in [0.1, 0.15) is 25.5 Å². The molecule has 0 saturated carbocycles. The summed E-state index contributed by atoms with van der Waals surface area (Å²) >= 11 is 0. The predicted molar refractivity (Wildman–Crippen MR) is 85.0 cm³/mol. The lowest BCUT2D eigenvalue weighted by Gasteiger charge is -2.17. The first-order chi connectivity index (χ1) is 12.1. The normalized spacial score (nSPS) is 14.2.